The first kappa shape index (κ1) is 9.67. The van der Waals surface area contributed by atoms with E-state index in [0.29, 0.717) is 18.2 Å². The fourth-order valence-electron chi connectivity index (χ4n) is 1.23. The minimum Gasteiger partial charge on any atom is -0.437 e. The highest BCUT2D eigenvalue weighted by Gasteiger charge is 2.05. The zero-order chi connectivity index (χ0) is 10.7. The van der Waals surface area contributed by atoms with Gasteiger partial charge in [0.25, 0.3) is 0 Å². The van der Waals surface area contributed by atoms with Gasteiger partial charge in [0.2, 0.25) is 5.88 Å². The van der Waals surface area contributed by atoms with Crippen LogP contribution >= 0.6 is 0 Å². The first-order valence-corrected chi connectivity index (χ1v) is 4.62. The number of aromatic amines is 1. The minimum absolute atomic E-state index is 0.395. The Morgan fingerprint density at radius 2 is 2.40 bits per heavy atom. The Kier molecular flexibility index (Phi) is 2.64. The van der Waals surface area contributed by atoms with Crippen molar-refractivity contribution in [3.05, 3.63) is 35.8 Å². The van der Waals surface area contributed by atoms with Crippen LogP contribution in [-0.2, 0) is 6.54 Å². The average Bonchev–Trinajstić information content (AvgIpc) is 2.65. The summed E-state index contributed by atoms with van der Waals surface area (Å²) in [6, 6.07) is 3.59. The minimum atomic E-state index is 0.395. The molecule has 0 unspecified atom stereocenters. The Bertz CT molecular complexity index is 452. The van der Waals surface area contributed by atoms with Gasteiger partial charge < -0.3 is 10.5 Å². The molecule has 0 saturated carbocycles. The second-order valence-corrected chi connectivity index (χ2v) is 3.18. The lowest BCUT2D eigenvalue weighted by Gasteiger charge is -2.05. The molecular formula is C10H12N4O. The first-order chi connectivity index (χ1) is 7.29. The zero-order valence-electron chi connectivity index (χ0n) is 8.40. The van der Waals surface area contributed by atoms with Crippen LogP contribution in [0.3, 0.4) is 0 Å². The maximum Gasteiger partial charge on any atom is 0.238 e. The number of aryl methyl sites for hydroxylation is 1. The number of ether oxygens (including phenoxy) is 1. The molecule has 5 nitrogen and oxygen atoms in total. The predicted octanol–water partition coefficient (Wildman–Crippen LogP) is 1.36. The summed E-state index contributed by atoms with van der Waals surface area (Å²) >= 11 is 0. The lowest BCUT2D eigenvalue weighted by Crippen LogP contribution is -2.00. The van der Waals surface area contributed by atoms with Gasteiger partial charge in [-0.1, -0.05) is 0 Å². The number of nitrogens with zero attached hydrogens (tertiary/aromatic N) is 2. The van der Waals surface area contributed by atoms with Gasteiger partial charge in [0.1, 0.15) is 5.75 Å². The van der Waals surface area contributed by atoms with Gasteiger partial charge in [0, 0.05) is 36.3 Å². The van der Waals surface area contributed by atoms with E-state index in [4.69, 9.17) is 10.5 Å². The van der Waals surface area contributed by atoms with Crippen LogP contribution in [0.2, 0.25) is 0 Å². The molecule has 0 radical (unpaired) electrons. The van der Waals surface area contributed by atoms with Crippen LogP contribution in [0.4, 0.5) is 0 Å². The molecule has 0 bridgehead atoms. The summed E-state index contributed by atoms with van der Waals surface area (Å²) in [6.07, 6.45) is 3.35. The van der Waals surface area contributed by atoms with Crippen LogP contribution in [0.5, 0.6) is 11.6 Å². The van der Waals surface area contributed by atoms with Crippen molar-refractivity contribution in [2.75, 3.05) is 0 Å². The van der Waals surface area contributed by atoms with Gasteiger partial charge in [-0.25, -0.2) is 0 Å². The highest BCUT2D eigenvalue weighted by Crippen LogP contribution is 2.22. The van der Waals surface area contributed by atoms with E-state index < -0.39 is 0 Å². The maximum absolute atomic E-state index is 5.56. The van der Waals surface area contributed by atoms with Crippen LogP contribution in [0.25, 0.3) is 0 Å². The van der Waals surface area contributed by atoms with E-state index >= 15 is 0 Å². The Labute approximate surface area is 87.3 Å². The summed E-state index contributed by atoms with van der Waals surface area (Å²) in [6.45, 7) is 2.31. The van der Waals surface area contributed by atoms with Crippen LogP contribution in [0.1, 0.15) is 11.3 Å². The molecule has 3 N–H and O–H groups in total. The molecule has 0 aliphatic carbocycles. The zero-order valence-corrected chi connectivity index (χ0v) is 8.40. The average molecular weight is 204 g/mol. The number of nitrogens with one attached hydrogen (secondary N) is 1. The molecule has 0 aliphatic rings. The second-order valence-electron chi connectivity index (χ2n) is 3.18. The van der Waals surface area contributed by atoms with E-state index in [1.807, 2.05) is 13.0 Å². The van der Waals surface area contributed by atoms with Crippen molar-refractivity contribution >= 4 is 0 Å². The largest absolute Gasteiger partial charge is 0.437 e. The summed E-state index contributed by atoms with van der Waals surface area (Å²) in [5, 5.41) is 6.78. The summed E-state index contributed by atoms with van der Waals surface area (Å²) in [5.74, 6) is 1.23. The topological polar surface area (TPSA) is 76.8 Å². The number of nitrogens with two attached hydrogens (primary N) is 1. The number of hydrogen-bond donors (Lipinski definition) is 2. The van der Waals surface area contributed by atoms with Gasteiger partial charge >= 0.3 is 0 Å². The fraction of sp³-hybridized carbons (Fsp3) is 0.200. The van der Waals surface area contributed by atoms with Crippen LogP contribution < -0.4 is 10.5 Å². The number of H-pyrrole nitrogens is 1. The summed E-state index contributed by atoms with van der Waals surface area (Å²) in [5.41, 5.74) is 7.37. The Balaban J connectivity index is 2.23. The van der Waals surface area contributed by atoms with E-state index in [-0.39, 0.29) is 0 Å². The summed E-state index contributed by atoms with van der Waals surface area (Å²) < 4.78 is 5.56. The fourth-order valence-corrected chi connectivity index (χ4v) is 1.23. The third kappa shape index (κ3) is 2.13. The Morgan fingerprint density at radius 3 is 3.07 bits per heavy atom. The van der Waals surface area contributed by atoms with Crippen molar-refractivity contribution in [1.82, 2.24) is 15.2 Å². The Morgan fingerprint density at radius 1 is 1.53 bits per heavy atom. The molecule has 5 heteroatoms. The summed E-state index contributed by atoms with van der Waals surface area (Å²) in [7, 11) is 0. The highest BCUT2D eigenvalue weighted by molar-refractivity contribution is 5.33. The van der Waals surface area contributed by atoms with Gasteiger partial charge in [0.05, 0.1) is 0 Å². The predicted molar refractivity (Wildman–Crippen MR) is 55.5 cm³/mol. The molecule has 0 aromatic carbocycles. The van der Waals surface area contributed by atoms with E-state index in [2.05, 4.69) is 15.2 Å². The molecular weight excluding hydrogens is 192 g/mol. The maximum atomic E-state index is 5.56. The quantitative estimate of drug-likeness (QED) is 0.791. The van der Waals surface area contributed by atoms with Crippen molar-refractivity contribution in [2.45, 2.75) is 13.5 Å². The van der Waals surface area contributed by atoms with Gasteiger partial charge in [0.15, 0.2) is 0 Å². The lowest BCUT2D eigenvalue weighted by atomic mass is 10.2. The standard InChI is InChI=1S/C10H12N4O/c1-7-4-10(14-13-7)15-9-2-3-12-6-8(9)5-11/h2-4,6H,5,11H2,1H3,(H,13,14). The third-order valence-corrected chi connectivity index (χ3v) is 1.98. The number of aromatic nitrogens is 3. The number of pyridine rings is 1. The molecule has 0 saturated heterocycles. The van der Waals surface area contributed by atoms with Gasteiger partial charge in [-0.3, -0.25) is 10.1 Å². The molecule has 2 aromatic rings. The molecule has 2 heterocycles. The molecule has 2 rings (SSSR count). The van der Waals surface area contributed by atoms with Crippen molar-refractivity contribution in [3.63, 3.8) is 0 Å². The van der Waals surface area contributed by atoms with Crippen LogP contribution in [0, 0.1) is 6.92 Å². The van der Waals surface area contributed by atoms with Gasteiger partial charge in [-0.05, 0) is 13.0 Å². The van der Waals surface area contributed by atoms with Gasteiger partial charge in [-0.15, -0.1) is 5.10 Å². The van der Waals surface area contributed by atoms with Crippen molar-refractivity contribution in [1.29, 1.82) is 0 Å². The third-order valence-electron chi connectivity index (χ3n) is 1.98. The van der Waals surface area contributed by atoms with E-state index in [9.17, 15) is 0 Å². The molecule has 0 aliphatic heterocycles. The molecule has 0 fully saturated rings. The number of hydrogen-bond acceptors (Lipinski definition) is 4. The number of rotatable bonds is 3. The van der Waals surface area contributed by atoms with E-state index in [1.165, 1.54) is 0 Å². The van der Waals surface area contributed by atoms with Crippen molar-refractivity contribution in [3.8, 4) is 11.6 Å². The molecule has 78 valence electrons. The van der Waals surface area contributed by atoms with E-state index in [0.717, 1.165) is 11.3 Å². The molecule has 0 amide bonds. The second kappa shape index (κ2) is 4.10. The van der Waals surface area contributed by atoms with Crippen molar-refractivity contribution < 1.29 is 4.74 Å². The highest BCUT2D eigenvalue weighted by atomic mass is 16.5. The van der Waals surface area contributed by atoms with E-state index in [1.54, 1.807) is 18.5 Å². The lowest BCUT2D eigenvalue weighted by molar-refractivity contribution is 0.455. The smallest absolute Gasteiger partial charge is 0.238 e. The summed E-state index contributed by atoms with van der Waals surface area (Å²) in [4.78, 5) is 3.97. The Hall–Kier alpha value is -1.88. The SMILES string of the molecule is Cc1cc(Oc2ccncc2CN)n[nH]1. The first-order valence-electron chi connectivity index (χ1n) is 4.62. The molecule has 0 atom stereocenters. The monoisotopic (exact) mass is 204 g/mol. The van der Waals surface area contributed by atoms with Crippen LogP contribution in [-0.4, -0.2) is 15.2 Å². The van der Waals surface area contributed by atoms with Crippen LogP contribution in [0.15, 0.2) is 24.5 Å². The molecule has 0 spiro atoms. The molecule has 15 heavy (non-hydrogen) atoms. The van der Waals surface area contributed by atoms with Gasteiger partial charge in [-0.2, -0.15) is 0 Å². The van der Waals surface area contributed by atoms with Crippen molar-refractivity contribution in [2.24, 2.45) is 5.73 Å². The normalized spacial score (nSPS) is 10.3. The molecule has 2 aromatic heterocycles.